The van der Waals surface area contributed by atoms with E-state index in [9.17, 15) is 9.59 Å². The molecule has 0 saturated carbocycles. The molecule has 19 heavy (non-hydrogen) atoms. The Balaban J connectivity index is 1.95. The zero-order chi connectivity index (χ0) is 13.8. The van der Waals surface area contributed by atoms with Crippen molar-refractivity contribution in [1.29, 1.82) is 0 Å². The lowest BCUT2D eigenvalue weighted by Crippen LogP contribution is -2.40. The van der Waals surface area contributed by atoms with E-state index in [1.165, 1.54) is 7.11 Å². The van der Waals surface area contributed by atoms with Gasteiger partial charge in [0.2, 0.25) is 5.91 Å². The predicted octanol–water partition coefficient (Wildman–Crippen LogP) is 0.740. The Hall–Kier alpha value is -1.36. The van der Waals surface area contributed by atoms with Gasteiger partial charge in [-0.2, -0.15) is 0 Å². The van der Waals surface area contributed by atoms with Crippen LogP contribution in [0.5, 0.6) is 0 Å². The van der Waals surface area contributed by atoms with Gasteiger partial charge >= 0.3 is 5.97 Å². The summed E-state index contributed by atoms with van der Waals surface area (Å²) in [5.74, 6) is -1.22. The summed E-state index contributed by atoms with van der Waals surface area (Å²) in [6, 6.07) is 0.168. The third-order valence-electron chi connectivity index (χ3n) is 4.73. The summed E-state index contributed by atoms with van der Waals surface area (Å²) in [4.78, 5) is 26.4. The van der Waals surface area contributed by atoms with Gasteiger partial charge in [-0.15, -0.1) is 0 Å². The van der Waals surface area contributed by atoms with Crippen LogP contribution in [0.25, 0.3) is 0 Å². The SMILES string of the molecule is CC[C@@H](C)N1C[C@@]23C=C[C@H](O2)[C@@H](C(=O)OC)[C@H]3C1=O. The predicted molar refractivity (Wildman–Crippen MR) is 67.2 cm³/mol. The first-order valence-electron chi connectivity index (χ1n) is 6.79. The number of fused-ring (bicyclic) bond motifs is 1. The Kier molecular flexibility index (Phi) is 2.71. The molecule has 3 rings (SSSR count). The summed E-state index contributed by atoms with van der Waals surface area (Å²) in [5, 5.41) is 0. The minimum Gasteiger partial charge on any atom is -0.469 e. The van der Waals surface area contributed by atoms with Crippen LogP contribution in [0.4, 0.5) is 0 Å². The molecule has 0 aromatic heterocycles. The summed E-state index contributed by atoms with van der Waals surface area (Å²) in [7, 11) is 1.36. The van der Waals surface area contributed by atoms with E-state index in [0.29, 0.717) is 6.54 Å². The Morgan fingerprint density at radius 3 is 3.05 bits per heavy atom. The van der Waals surface area contributed by atoms with Crippen LogP contribution in [0.1, 0.15) is 20.3 Å². The van der Waals surface area contributed by atoms with E-state index >= 15 is 0 Å². The molecule has 5 atom stereocenters. The minimum atomic E-state index is -0.607. The molecule has 0 unspecified atom stereocenters. The Morgan fingerprint density at radius 1 is 1.68 bits per heavy atom. The fourth-order valence-corrected chi connectivity index (χ4v) is 3.53. The van der Waals surface area contributed by atoms with Crippen molar-refractivity contribution in [3.63, 3.8) is 0 Å². The van der Waals surface area contributed by atoms with Crippen LogP contribution in [0.15, 0.2) is 12.2 Å². The van der Waals surface area contributed by atoms with Crippen LogP contribution in [0, 0.1) is 11.8 Å². The Bertz CT molecular complexity index is 460. The van der Waals surface area contributed by atoms with Gasteiger partial charge in [0.15, 0.2) is 0 Å². The lowest BCUT2D eigenvalue weighted by Gasteiger charge is -2.26. The van der Waals surface area contributed by atoms with Gasteiger partial charge in [-0.25, -0.2) is 0 Å². The number of rotatable bonds is 3. The van der Waals surface area contributed by atoms with E-state index in [1.54, 1.807) is 0 Å². The quantitative estimate of drug-likeness (QED) is 0.558. The number of amides is 1. The number of nitrogens with zero attached hydrogens (tertiary/aromatic N) is 1. The highest BCUT2D eigenvalue weighted by molar-refractivity contribution is 5.91. The topological polar surface area (TPSA) is 55.8 Å². The highest BCUT2D eigenvalue weighted by Gasteiger charge is 2.67. The molecule has 5 heteroatoms. The number of carbonyl (C=O) groups excluding carboxylic acids is 2. The average Bonchev–Trinajstić information content (AvgIpc) is 3.05. The normalized spacial score (nSPS) is 40.7. The van der Waals surface area contributed by atoms with Gasteiger partial charge in [0.25, 0.3) is 0 Å². The summed E-state index contributed by atoms with van der Waals surface area (Å²) >= 11 is 0. The van der Waals surface area contributed by atoms with Gasteiger partial charge < -0.3 is 14.4 Å². The Labute approximate surface area is 112 Å². The molecule has 0 radical (unpaired) electrons. The second-order valence-corrected chi connectivity index (χ2v) is 5.65. The van der Waals surface area contributed by atoms with Crippen LogP contribution in [0.2, 0.25) is 0 Å². The van der Waals surface area contributed by atoms with E-state index in [2.05, 4.69) is 6.92 Å². The number of ether oxygens (including phenoxy) is 2. The van der Waals surface area contributed by atoms with Crippen LogP contribution in [0.3, 0.4) is 0 Å². The van der Waals surface area contributed by atoms with E-state index in [4.69, 9.17) is 9.47 Å². The maximum absolute atomic E-state index is 12.6. The van der Waals surface area contributed by atoms with Gasteiger partial charge in [0.1, 0.15) is 11.5 Å². The molecule has 104 valence electrons. The maximum Gasteiger partial charge on any atom is 0.312 e. The van der Waals surface area contributed by atoms with Crippen LogP contribution in [-0.4, -0.2) is 48.2 Å². The first kappa shape index (κ1) is 12.7. The summed E-state index contributed by atoms with van der Waals surface area (Å²) < 4.78 is 10.8. The number of methoxy groups -OCH3 is 1. The van der Waals surface area contributed by atoms with Crippen molar-refractivity contribution in [1.82, 2.24) is 4.90 Å². The molecule has 3 aliphatic rings. The van der Waals surface area contributed by atoms with E-state index < -0.39 is 17.4 Å². The molecule has 5 nitrogen and oxygen atoms in total. The highest BCUT2D eigenvalue weighted by atomic mass is 16.5. The molecule has 2 fully saturated rings. The summed E-state index contributed by atoms with van der Waals surface area (Å²) in [6.45, 7) is 4.63. The molecule has 0 aromatic rings. The monoisotopic (exact) mass is 265 g/mol. The zero-order valence-corrected chi connectivity index (χ0v) is 11.5. The van der Waals surface area contributed by atoms with Crippen molar-refractivity contribution in [2.75, 3.05) is 13.7 Å². The van der Waals surface area contributed by atoms with Gasteiger partial charge in [-0.05, 0) is 13.3 Å². The lowest BCUT2D eigenvalue weighted by atomic mass is 9.77. The lowest BCUT2D eigenvalue weighted by molar-refractivity contribution is -0.151. The third-order valence-corrected chi connectivity index (χ3v) is 4.73. The molecule has 1 spiro atoms. The first-order chi connectivity index (χ1) is 9.04. The standard InChI is InChI=1S/C14H19NO4/c1-4-8(2)15-7-14-6-5-9(19-14)10(13(17)18-3)11(14)12(15)16/h5-6,8-11H,4,7H2,1-3H3/t8-,9+,10-,11+,14-/m1/s1. The number of carbonyl (C=O) groups is 2. The molecule has 0 aromatic carbocycles. The molecule has 3 heterocycles. The maximum atomic E-state index is 12.6. The number of hydrogen-bond acceptors (Lipinski definition) is 4. The van der Waals surface area contributed by atoms with Crippen LogP contribution >= 0.6 is 0 Å². The molecule has 3 aliphatic heterocycles. The second-order valence-electron chi connectivity index (χ2n) is 5.65. The van der Waals surface area contributed by atoms with Gasteiger partial charge in [0.05, 0.1) is 25.7 Å². The number of likely N-dealkylation sites (tertiary alicyclic amines) is 1. The molecule has 0 N–H and O–H groups in total. The smallest absolute Gasteiger partial charge is 0.312 e. The number of hydrogen-bond donors (Lipinski definition) is 0. The molecule has 0 aliphatic carbocycles. The van der Waals surface area contributed by atoms with E-state index in [0.717, 1.165) is 6.42 Å². The van der Waals surface area contributed by atoms with Gasteiger partial charge in [0, 0.05) is 6.04 Å². The molecule has 2 bridgehead atoms. The van der Waals surface area contributed by atoms with Crippen molar-refractivity contribution >= 4 is 11.9 Å². The van der Waals surface area contributed by atoms with Gasteiger partial charge in [-0.1, -0.05) is 19.1 Å². The van der Waals surface area contributed by atoms with Crippen molar-refractivity contribution in [2.45, 2.75) is 38.0 Å². The van der Waals surface area contributed by atoms with E-state index in [-0.39, 0.29) is 24.0 Å². The van der Waals surface area contributed by atoms with Crippen LogP contribution in [-0.2, 0) is 19.1 Å². The summed E-state index contributed by atoms with van der Waals surface area (Å²) in [6.07, 6.45) is 4.44. The largest absolute Gasteiger partial charge is 0.469 e. The molecule has 1 amide bonds. The first-order valence-corrected chi connectivity index (χ1v) is 6.79. The third kappa shape index (κ3) is 1.51. The molecular weight excluding hydrogens is 246 g/mol. The fourth-order valence-electron chi connectivity index (χ4n) is 3.53. The second kappa shape index (κ2) is 4.07. The average molecular weight is 265 g/mol. The van der Waals surface area contributed by atoms with Crippen molar-refractivity contribution in [3.05, 3.63) is 12.2 Å². The zero-order valence-electron chi connectivity index (χ0n) is 11.5. The fraction of sp³-hybridized carbons (Fsp3) is 0.714. The Morgan fingerprint density at radius 2 is 2.42 bits per heavy atom. The van der Waals surface area contributed by atoms with E-state index in [1.807, 2.05) is 24.0 Å². The van der Waals surface area contributed by atoms with Gasteiger partial charge in [-0.3, -0.25) is 9.59 Å². The highest BCUT2D eigenvalue weighted by Crippen LogP contribution is 2.52. The molecular formula is C14H19NO4. The molecule has 2 saturated heterocycles. The van der Waals surface area contributed by atoms with Crippen molar-refractivity contribution in [2.24, 2.45) is 11.8 Å². The van der Waals surface area contributed by atoms with Crippen molar-refractivity contribution in [3.8, 4) is 0 Å². The van der Waals surface area contributed by atoms with Crippen molar-refractivity contribution < 1.29 is 19.1 Å². The minimum absolute atomic E-state index is 0.0246. The number of esters is 1. The van der Waals surface area contributed by atoms with Crippen LogP contribution < -0.4 is 0 Å². The summed E-state index contributed by atoms with van der Waals surface area (Å²) in [5.41, 5.74) is -0.607.